The molecular weight excluding hydrogens is 210 g/mol. The standard InChI is InChI=1S/C2H4N2O6P2/c3-11(7)9-1(5)2(6)10-12(4)8/h(H2,3,7)(H2,4,8)/q+2. The van der Waals surface area contributed by atoms with Crippen LogP contribution in [0.4, 0.5) is 0 Å². The quantitative estimate of drug-likeness (QED) is 0.454. The maximum absolute atomic E-state index is 10.3. The van der Waals surface area contributed by atoms with E-state index in [1.165, 1.54) is 0 Å². The van der Waals surface area contributed by atoms with E-state index in [-0.39, 0.29) is 0 Å². The lowest BCUT2D eigenvalue weighted by Gasteiger charge is -1.82. The summed E-state index contributed by atoms with van der Waals surface area (Å²) < 4.78 is 27.4. The summed E-state index contributed by atoms with van der Waals surface area (Å²) in [4.78, 5) is 20.7. The molecular formula is C2H4N2O6P2+2. The molecule has 0 saturated carbocycles. The monoisotopic (exact) mass is 214 g/mol. The molecule has 0 fully saturated rings. The van der Waals surface area contributed by atoms with Gasteiger partial charge in [0.15, 0.2) is 0 Å². The lowest BCUT2D eigenvalue weighted by Crippen LogP contribution is -2.16. The van der Waals surface area contributed by atoms with Gasteiger partial charge in [-0.25, -0.2) is 9.59 Å². The molecule has 0 amide bonds. The Morgan fingerprint density at radius 1 is 0.917 bits per heavy atom. The van der Waals surface area contributed by atoms with Crippen molar-refractivity contribution in [3.05, 3.63) is 0 Å². The Labute approximate surface area is 68.0 Å². The van der Waals surface area contributed by atoms with Gasteiger partial charge >= 0.3 is 28.3 Å². The molecule has 0 aromatic rings. The van der Waals surface area contributed by atoms with Crippen LogP contribution in [0.15, 0.2) is 0 Å². The highest BCUT2D eigenvalue weighted by atomic mass is 31.1. The lowest BCUT2D eigenvalue weighted by atomic mass is 10.7. The van der Waals surface area contributed by atoms with Crippen molar-refractivity contribution >= 4 is 28.3 Å². The van der Waals surface area contributed by atoms with Gasteiger partial charge in [-0.1, -0.05) is 11.0 Å². The van der Waals surface area contributed by atoms with E-state index < -0.39 is 28.3 Å². The molecule has 0 bridgehead atoms. The predicted octanol–water partition coefficient (Wildman–Crippen LogP) is -0.695. The molecule has 0 aromatic carbocycles. The first-order chi connectivity index (χ1) is 5.43. The molecule has 12 heavy (non-hydrogen) atoms. The van der Waals surface area contributed by atoms with E-state index in [2.05, 4.69) is 20.1 Å². The molecule has 8 nitrogen and oxygen atoms in total. The first kappa shape index (κ1) is 11.1. The van der Waals surface area contributed by atoms with Crippen LogP contribution in [0.3, 0.4) is 0 Å². The van der Waals surface area contributed by atoms with E-state index in [1.807, 2.05) is 0 Å². The molecule has 0 radical (unpaired) electrons. The van der Waals surface area contributed by atoms with Gasteiger partial charge in [0.05, 0.1) is 0 Å². The Morgan fingerprint density at radius 2 is 1.17 bits per heavy atom. The van der Waals surface area contributed by atoms with Crippen molar-refractivity contribution in [2.24, 2.45) is 11.0 Å². The van der Waals surface area contributed by atoms with Crippen LogP contribution in [0.2, 0.25) is 0 Å². The first-order valence-corrected chi connectivity index (χ1v) is 4.81. The highest BCUT2D eigenvalue weighted by molar-refractivity contribution is 7.37. The molecule has 2 atom stereocenters. The van der Waals surface area contributed by atoms with Crippen LogP contribution in [0.5, 0.6) is 0 Å². The Balaban J connectivity index is 4.03. The van der Waals surface area contributed by atoms with E-state index in [0.717, 1.165) is 0 Å². The minimum Gasteiger partial charge on any atom is -0.232 e. The van der Waals surface area contributed by atoms with Crippen molar-refractivity contribution < 1.29 is 27.8 Å². The number of carbonyl (C=O) groups excluding carboxylic acids is 2. The van der Waals surface area contributed by atoms with Crippen LogP contribution in [0.25, 0.3) is 0 Å². The summed E-state index contributed by atoms with van der Waals surface area (Å²) >= 11 is 0. The molecule has 0 aromatic heterocycles. The second-order valence-corrected chi connectivity index (χ2v) is 2.83. The summed E-state index contributed by atoms with van der Waals surface area (Å²) in [6.07, 6.45) is 0. The van der Waals surface area contributed by atoms with Gasteiger partial charge in [0.1, 0.15) is 0 Å². The molecule has 66 valence electrons. The molecule has 0 aliphatic heterocycles. The maximum atomic E-state index is 10.3. The number of carbonyl (C=O) groups is 2. The van der Waals surface area contributed by atoms with E-state index >= 15 is 0 Å². The number of nitrogens with two attached hydrogens (primary N) is 2. The van der Waals surface area contributed by atoms with Gasteiger partial charge in [-0.3, -0.25) is 0 Å². The zero-order valence-electron chi connectivity index (χ0n) is 5.50. The summed E-state index contributed by atoms with van der Waals surface area (Å²) in [6.45, 7) is 0. The minimum absolute atomic E-state index is 1.60. The number of rotatable bonds is 2. The second-order valence-electron chi connectivity index (χ2n) is 1.33. The molecule has 0 heterocycles. The lowest BCUT2D eigenvalue weighted by molar-refractivity contribution is -0.155. The molecule has 4 N–H and O–H groups in total. The van der Waals surface area contributed by atoms with Crippen molar-refractivity contribution in [2.75, 3.05) is 0 Å². The average Bonchev–Trinajstić information content (AvgIpc) is 1.84. The molecule has 0 rings (SSSR count). The Kier molecular flexibility index (Phi) is 4.46. The Morgan fingerprint density at radius 3 is 1.33 bits per heavy atom. The fraction of sp³-hybridized carbons (Fsp3) is 0. The number of hydrogen-bond acceptors (Lipinski definition) is 6. The third kappa shape index (κ3) is 4.81. The molecule has 10 heteroatoms. The van der Waals surface area contributed by atoms with E-state index in [0.29, 0.717) is 0 Å². The van der Waals surface area contributed by atoms with Crippen molar-refractivity contribution in [1.82, 2.24) is 0 Å². The third-order valence-electron chi connectivity index (χ3n) is 0.512. The molecule has 0 aliphatic carbocycles. The molecule has 0 saturated heterocycles. The van der Waals surface area contributed by atoms with Crippen LogP contribution in [0.1, 0.15) is 0 Å². The summed E-state index contributed by atoms with van der Waals surface area (Å²) in [5.41, 5.74) is 9.03. The van der Waals surface area contributed by atoms with Crippen LogP contribution in [-0.4, -0.2) is 11.9 Å². The third-order valence-corrected chi connectivity index (χ3v) is 1.20. The van der Waals surface area contributed by atoms with Gasteiger partial charge < -0.3 is 0 Å². The summed E-state index contributed by atoms with van der Waals surface area (Å²) in [5, 5.41) is 0. The summed E-state index contributed by atoms with van der Waals surface area (Å²) in [7, 11) is -5.47. The largest absolute Gasteiger partial charge is 0.664 e. The average molecular weight is 214 g/mol. The number of hydrogen-bond donors (Lipinski definition) is 2. The zero-order chi connectivity index (χ0) is 9.72. The van der Waals surface area contributed by atoms with Gasteiger partial charge in [0.2, 0.25) is 0 Å². The van der Waals surface area contributed by atoms with E-state index in [1.54, 1.807) is 0 Å². The van der Waals surface area contributed by atoms with Crippen LogP contribution in [0, 0.1) is 0 Å². The normalized spacial score (nSPS) is 11.5. The van der Waals surface area contributed by atoms with Crippen molar-refractivity contribution in [2.45, 2.75) is 0 Å². The maximum Gasteiger partial charge on any atom is 0.664 e. The van der Waals surface area contributed by atoms with Crippen LogP contribution < -0.4 is 11.0 Å². The van der Waals surface area contributed by atoms with E-state index in [4.69, 9.17) is 0 Å². The van der Waals surface area contributed by atoms with Gasteiger partial charge in [-0.2, -0.15) is 9.05 Å². The van der Waals surface area contributed by atoms with Crippen LogP contribution >= 0.6 is 16.4 Å². The SMILES string of the molecule is N[P+](=O)OC(=O)C(=O)O[P+](N)=O. The zero-order valence-corrected chi connectivity index (χ0v) is 7.29. The minimum atomic E-state index is -2.73. The Bertz CT molecular complexity index is 224. The van der Waals surface area contributed by atoms with Gasteiger partial charge in [-0.05, 0) is 0 Å². The van der Waals surface area contributed by atoms with Crippen molar-refractivity contribution in [3.8, 4) is 0 Å². The topological polar surface area (TPSA) is 139 Å². The molecule has 0 aliphatic rings. The van der Waals surface area contributed by atoms with Gasteiger partial charge in [0.25, 0.3) is 0 Å². The van der Waals surface area contributed by atoms with Crippen LogP contribution in [-0.2, 0) is 27.8 Å². The smallest absolute Gasteiger partial charge is 0.232 e. The fourth-order valence-electron chi connectivity index (χ4n) is 0.238. The Hall–Kier alpha value is -0.940. The predicted molar refractivity (Wildman–Crippen MR) is 35.8 cm³/mol. The van der Waals surface area contributed by atoms with Gasteiger partial charge in [0, 0.05) is 9.13 Å². The van der Waals surface area contributed by atoms with Crippen molar-refractivity contribution in [1.29, 1.82) is 0 Å². The molecule has 2 unspecified atom stereocenters. The second kappa shape index (κ2) is 4.84. The van der Waals surface area contributed by atoms with Crippen molar-refractivity contribution in [3.63, 3.8) is 0 Å². The fourth-order valence-corrected chi connectivity index (χ4v) is 0.714. The highest BCUT2D eigenvalue weighted by Crippen LogP contribution is 2.14. The summed E-state index contributed by atoms with van der Waals surface area (Å²) in [6, 6.07) is 0. The van der Waals surface area contributed by atoms with E-state index in [9.17, 15) is 18.7 Å². The first-order valence-electron chi connectivity index (χ1n) is 2.31. The molecule has 0 spiro atoms. The highest BCUT2D eigenvalue weighted by Gasteiger charge is 2.33. The summed E-state index contributed by atoms with van der Waals surface area (Å²) in [5.74, 6) is -3.21. The van der Waals surface area contributed by atoms with Gasteiger partial charge in [-0.15, -0.1) is 0 Å².